The molecule has 0 aromatic heterocycles. The molecule has 0 bridgehead atoms. The van der Waals surface area contributed by atoms with Crippen LogP contribution in [0.15, 0.2) is 12.1 Å². The molecule has 1 aromatic carbocycles. The van der Waals surface area contributed by atoms with Crippen LogP contribution in [0.4, 0.5) is 5.69 Å². The minimum Gasteiger partial charge on any atom is -0.323 e. The predicted octanol–water partition coefficient (Wildman–Crippen LogP) is 3.37. The van der Waals surface area contributed by atoms with Crippen LogP contribution < -0.4 is 5.32 Å². The Morgan fingerprint density at radius 1 is 1.25 bits per heavy atom. The van der Waals surface area contributed by atoms with Crippen molar-refractivity contribution >= 4 is 52.2 Å². The average molecular weight is 281 g/mol. The highest BCUT2D eigenvalue weighted by atomic mass is 35.5. The number of halogens is 3. The number of ketones is 1. The molecule has 0 unspecified atom stereocenters. The highest BCUT2D eigenvalue weighted by Gasteiger charge is 2.12. The first-order valence-corrected chi connectivity index (χ1v) is 5.60. The number of hydrogen-bond donors (Lipinski definition) is 1. The van der Waals surface area contributed by atoms with E-state index in [-0.39, 0.29) is 27.4 Å². The van der Waals surface area contributed by atoms with Gasteiger partial charge in [-0.25, -0.2) is 0 Å². The van der Waals surface area contributed by atoms with Crippen LogP contribution in [0.2, 0.25) is 10.0 Å². The fourth-order valence-corrected chi connectivity index (χ4v) is 1.72. The molecular formula is C10H8Cl3NO2. The number of benzene rings is 1. The summed E-state index contributed by atoms with van der Waals surface area (Å²) in [5, 5.41) is 2.86. The fraction of sp³-hybridized carbons (Fsp3) is 0.200. The molecule has 0 aliphatic heterocycles. The Morgan fingerprint density at radius 2 is 1.75 bits per heavy atom. The molecule has 16 heavy (non-hydrogen) atoms. The van der Waals surface area contributed by atoms with Crippen molar-refractivity contribution in [3.8, 4) is 0 Å². The number of amides is 1. The summed E-state index contributed by atoms with van der Waals surface area (Å²) in [4.78, 5) is 22.2. The third kappa shape index (κ3) is 3.11. The second-order valence-corrected chi connectivity index (χ2v) is 4.13. The highest BCUT2D eigenvalue weighted by Crippen LogP contribution is 2.32. The molecule has 0 aliphatic rings. The van der Waals surface area contributed by atoms with Crippen molar-refractivity contribution in [2.45, 2.75) is 6.92 Å². The van der Waals surface area contributed by atoms with Gasteiger partial charge < -0.3 is 5.32 Å². The Hall–Kier alpha value is -0.770. The largest absolute Gasteiger partial charge is 0.323 e. The van der Waals surface area contributed by atoms with Crippen LogP contribution in [-0.4, -0.2) is 17.6 Å². The molecule has 0 aliphatic carbocycles. The lowest BCUT2D eigenvalue weighted by Crippen LogP contribution is -2.13. The number of carbonyl (C=O) groups excluding carboxylic acids is 2. The summed E-state index contributed by atoms with van der Waals surface area (Å²) in [5.41, 5.74) is 0.651. The number of nitrogens with one attached hydrogen (secondary N) is 1. The number of alkyl halides is 1. The van der Waals surface area contributed by atoms with Crippen LogP contribution in [-0.2, 0) is 4.79 Å². The van der Waals surface area contributed by atoms with Gasteiger partial charge in [0.05, 0.1) is 15.7 Å². The van der Waals surface area contributed by atoms with E-state index in [0.717, 1.165) is 0 Å². The molecule has 0 atom stereocenters. The van der Waals surface area contributed by atoms with E-state index in [1.54, 1.807) is 0 Å². The van der Waals surface area contributed by atoms with Crippen LogP contribution in [0.5, 0.6) is 0 Å². The summed E-state index contributed by atoms with van der Waals surface area (Å²) in [6.07, 6.45) is 0. The Bertz CT molecular complexity index is 423. The zero-order chi connectivity index (χ0) is 12.3. The quantitative estimate of drug-likeness (QED) is 0.681. The van der Waals surface area contributed by atoms with Gasteiger partial charge in [0, 0.05) is 5.56 Å². The third-order valence-corrected chi connectivity index (χ3v) is 2.67. The van der Waals surface area contributed by atoms with Crippen molar-refractivity contribution in [3.05, 3.63) is 27.7 Å². The minimum atomic E-state index is -0.416. The Labute approximate surface area is 108 Å². The average Bonchev–Trinajstić information content (AvgIpc) is 2.22. The summed E-state index contributed by atoms with van der Waals surface area (Å²) in [6, 6.07) is 2.89. The monoisotopic (exact) mass is 279 g/mol. The zero-order valence-electron chi connectivity index (χ0n) is 8.31. The SMILES string of the molecule is CC(=O)c1cc(Cl)c(NC(=O)CCl)c(Cl)c1. The molecule has 0 saturated carbocycles. The van der Waals surface area contributed by atoms with Gasteiger partial charge in [0.25, 0.3) is 0 Å². The van der Waals surface area contributed by atoms with Crippen LogP contribution in [0.3, 0.4) is 0 Å². The summed E-state index contributed by atoms with van der Waals surface area (Å²) in [7, 11) is 0. The second kappa shape index (κ2) is 5.53. The Balaban J connectivity index is 3.12. The maximum atomic E-state index is 11.1. The lowest BCUT2D eigenvalue weighted by molar-refractivity contribution is -0.113. The lowest BCUT2D eigenvalue weighted by Gasteiger charge is -2.09. The van der Waals surface area contributed by atoms with Gasteiger partial charge in [0.2, 0.25) is 5.91 Å². The van der Waals surface area contributed by atoms with Crippen molar-refractivity contribution in [1.82, 2.24) is 0 Å². The number of carbonyl (C=O) groups is 2. The summed E-state index contributed by atoms with van der Waals surface area (Å²) < 4.78 is 0. The Morgan fingerprint density at radius 3 is 2.12 bits per heavy atom. The second-order valence-electron chi connectivity index (χ2n) is 3.05. The highest BCUT2D eigenvalue weighted by molar-refractivity contribution is 6.41. The van der Waals surface area contributed by atoms with Crippen molar-refractivity contribution in [2.75, 3.05) is 11.2 Å². The van der Waals surface area contributed by atoms with Gasteiger partial charge in [0.15, 0.2) is 5.78 Å². The smallest absolute Gasteiger partial charge is 0.239 e. The minimum absolute atomic E-state index is 0.154. The molecule has 0 saturated heterocycles. The van der Waals surface area contributed by atoms with Crippen LogP contribution in [0.25, 0.3) is 0 Å². The molecular weight excluding hydrogens is 272 g/mol. The van der Waals surface area contributed by atoms with Crippen molar-refractivity contribution in [2.24, 2.45) is 0 Å². The van der Waals surface area contributed by atoms with Gasteiger partial charge in [-0.3, -0.25) is 9.59 Å². The van der Waals surface area contributed by atoms with Gasteiger partial charge >= 0.3 is 0 Å². The van der Waals surface area contributed by atoms with Crippen LogP contribution >= 0.6 is 34.8 Å². The number of Topliss-reactive ketones (excluding diaryl/α,β-unsaturated/α-hetero) is 1. The van der Waals surface area contributed by atoms with E-state index in [9.17, 15) is 9.59 Å². The summed E-state index contributed by atoms with van der Waals surface area (Å²) >= 11 is 17.1. The third-order valence-electron chi connectivity index (χ3n) is 1.83. The van der Waals surface area contributed by atoms with Crippen LogP contribution in [0, 0.1) is 0 Å². The molecule has 86 valence electrons. The van der Waals surface area contributed by atoms with E-state index < -0.39 is 5.91 Å². The molecule has 1 rings (SSSR count). The lowest BCUT2D eigenvalue weighted by atomic mass is 10.1. The van der Waals surface area contributed by atoms with E-state index >= 15 is 0 Å². The fourth-order valence-electron chi connectivity index (χ4n) is 1.07. The molecule has 0 radical (unpaired) electrons. The molecule has 1 aromatic rings. The van der Waals surface area contributed by atoms with Crippen molar-refractivity contribution in [1.29, 1.82) is 0 Å². The van der Waals surface area contributed by atoms with Gasteiger partial charge in [-0.1, -0.05) is 23.2 Å². The van der Waals surface area contributed by atoms with E-state index in [1.165, 1.54) is 19.1 Å². The first-order chi connectivity index (χ1) is 7.45. The first-order valence-electron chi connectivity index (χ1n) is 4.31. The maximum absolute atomic E-state index is 11.1. The van der Waals surface area contributed by atoms with Gasteiger partial charge in [0.1, 0.15) is 5.88 Å². The van der Waals surface area contributed by atoms with Crippen molar-refractivity contribution < 1.29 is 9.59 Å². The summed E-state index contributed by atoms with van der Waals surface area (Å²) in [5.74, 6) is -0.763. The molecule has 3 nitrogen and oxygen atoms in total. The van der Waals surface area contributed by atoms with Crippen molar-refractivity contribution in [3.63, 3.8) is 0 Å². The normalized spacial score (nSPS) is 10.0. The first kappa shape index (κ1) is 13.3. The molecule has 0 spiro atoms. The number of hydrogen-bond acceptors (Lipinski definition) is 2. The van der Waals surface area contributed by atoms with E-state index in [1.807, 2.05) is 0 Å². The zero-order valence-corrected chi connectivity index (χ0v) is 10.6. The standard InChI is InChI=1S/C10H8Cl3NO2/c1-5(15)6-2-7(12)10(8(13)3-6)14-9(16)4-11/h2-3H,4H2,1H3,(H,14,16). The number of anilines is 1. The maximum Gasteiger partial charge on any atom is 0.239 e. The van der Waals surface area contributed by atoms with Crippen LogP contribution in [0.1, 0.15) is 17.3 Å². The molecule has 0 fully saturated rings. The molecule has 1 N–H and O–H groups in total. The molecule has 0 heterocycles. The van der Waals surface area contributed by atoms with Gasteiger partial charge in [-0.2, -0.15) is 0 Å². The van der Waals surface area contributed by atoms with Gasteiger partial charge in [-0.05, 0) is 19.1 Å². The summed E-state index contributed by atoms with van der Waals surface area (Å²) in [6.45, 7) is 1.40. The van der Waals surface area contributed by atoms with E-state index in [4.69, 9.17) is 34.8 Å². The van der Waals surface area contributed by atoms with E-state index in [2.05, 4.69) is 5.32 Å². The van der Waals surface area contributed by atoms with Gasteiger partial charge in [-0.15, -0.1) is 11.6 Å². The predicted molar refractivity (Wildman–Crippen MR) is 65.8 cm³/mol. The molecule has 6 heteroatoms. The van der Waals surface area contributed by atoms with E-state index in [0.29, 0.717) is 5.56 Å². The number of rotatable bonds is 3. The molecule has 1 amide bonds. The Kier molecular flexibility index (Phi) is 4.59. The topological polar surface area (TPSA) is 46.2 Å².